The van der Waals surface area contributed by atoms with E-state index in [4.69, 9.17) is 19.5 Å². The van der Waals surface area contributed by atoms with Crippen LogP contribution < -0.4 is 0 Å². The third-order valence-corrected chi connectivity index (χ3v) is 10.8. The Labute approximate surface area is 375 Å². The molecule has 5 aromatic carbocycles. The maximum absolute atomic E-state index is 9.35. The summed E-state index contributed by atoms with van der Waals surface area (Å²) >= 11 is 0. The van der Waals surface area contributed by atoms with E-state index in [0.29, 0.717) is 57.6 Å². The first kappa shape index (κ1) is 28.5. The molecule has 0 saturated heterocycles. The summed E-state index contributed by atoms with van der Waals surface area (Å²) < 4.78 is 105. The normalized spacial score (nSPS) is 18.8. The van der Waals surface area contributed by atoms with Gasteiger partial charge in [-0.3, -0.25) is 0 Å². The van der Waals surface area contributed by atoms with Crippen LogP contribution in [0, 0.1) is 43.5 Å². The Hall–Kier alpha value is -4.89. The van der Waals surface area contributed by atoms with Crippen LogP contribution in [-0.2, 0) is 26.5 Å². The minimum Gasteiger partial charge on any atom is -0.500 e. The van der Waals surface area contributed by atoms with E-state index < -0.39 is 38.2 Å². The summed E-state index contributed by atoms with van der Waals surface area (Å²) in [4.78, 5) is 8.88. The van der Waals surface area contributed by atoms with Gasteiger partial charge in [-0.25, -0.2) is 0 Å². The van der Waals surface area contributed by atoms with Crippen molar-refractivity contribution in [1.29, 1.82) is 0 Å². The molecule has 3 aromatic heterocycles. The Bertz CT molecular complexity index is 3190. The molecule has 0 bridgehead atoms. The predicted octanol–water partition coefficient (Wildman–Crippen LogP) is 15.0. The van der Waals surface area contributed by atoms with Crippen LogP contribution in [0.15, 0.2) is 120 Å². The Kier molecular flexibility index (Phi) is 8.24. The monoisotopic (exact) mass is 951 g/mol. The van der Waals surface area contributed by atoms with Gasteiger partial charge in [0.05, 0.1) is 5.58 Å². The van der Waals surface area contributed by atoms with E-state index in [1.807, 2.05) is 60.7 Å². The molecular weight excluding hydrogens is 885 g/mol. The molecule has 0 N–H and O–H groups in total. The number of hydrogen-bond acceptors (Lipinski definition) is 3. The van der Waals surface area contributed by atoms with Crippen molar-refractivity contribution in [2.45, 2.75) is 93.1 Å². The van der Waals surface area contributed by atoms with Gasteiger partial charge in [-0.2, -0.15) is 0 Å². The maximum atomic E-state index is 9.35. The van der Waals surface area contributed by atoms with Crippen LogP contribution in [0.5, 0.6) is 0 Å². The number of aryl methyl sites for hydroxylation is 3. The Morgan fingerprint density at radius 3 is 2.24 bits per heavy atom. The van der Waals surface area contributed by atoms with Gasteiger partial charge in [0.15, 0.2) is 0 Å². The van der Waals surface area contributed by atoms with E-state index >= 15 is 0 Å². The fourth-order valence-electron chi connectivity index (χ4n) is 7.65. The summed E-state index contributed by atoms with van der Waals surface area (Å²) in [6, 6.07) is 37.8. The summed E-state index contributed by atoms with van der Waals surface area (Å²) in [5, 5.41) is 4.13. The molecule has 1 saturated carbocycles. The largest absolute Gasteiger partial charge is 0.500 e. The van der Waals surface area contributed by atoms with E-state index in [1.54, 1.807) is 26.8 Å². The van der Waals surface area contributed by atoms with Crippen molar-refractivity contribution in [3.63, 3.8) is 0 Å². The summed E-state index contributed by atoms with van der Waals surface area (Å²) in [7, 11) is 0. The number of hydrogen-bond donors (Lipinski definition) is 0. The average molecular weight is 951 g/mol. The van der Waals surface area contributed by atoms with Crippen molar-refractivity contribution in [3.8, 4) is 33.6 Å². The van der Waals surface area contributed by atoms with E-state index in [2.05, 4.69) is 60.2 Å². The molecule has 0 amide bonds. The fourth-order valence-corrected chi connectivity index (χ4v) is 7.65. The molecule has 0 spiro atoms. The molecule has 1 aliphatic carbocycles. The van der Waals surface area contributed by atoms with E-state index in [9.17, 15) is 1.37 Å². The average Bonchev–Trinajstić information content (AvgIpc) is 3.68. The Morgan fingerprint density at radius 2 is 1.48 bits per heavy atom. The molecule has 58 heavy (non-hydrogen) atoms. The summed E-state index contributed by atoms with van der Waals surface area (Å²) in [5.74, 6) is -0.963. The maximum Gasteiger partial charge on any atom is 0.128 e. The van der Waals surface area contributed by atoms with E-state index in [1.165, 1.54) is 24.5 Å². The molecular formula is C54H54IrN2O-2. The van der Waals surface area contributed by atoms with Crippen LogP contribution in [0.25, 0.3) is 66.4 Å². The number of aromatic nitrogens is 2. The Morgan fingerprint density at radius 1 is 0.776 bits per heavy atom. The van der Waals surface area contributed by atoms with Gasteiger partial charge in [-0.05, 0) is 102 Å². The van der Waals surface area contributed by atoms with Crippen LogP contribution in [0.2, 0.25) is 0 Å². The van der Waals surface area contributed by atoms with Crippen LogP contribution in [0.3, 0.4) is 0 Å². The van der Waals surface area contributed by atoms with Crippen LogP contribution in [0.4, 0.5) is 0 Å². The van der Waals surface area contributed by atoms with Crippen LogP contribution >= 0.6 is 0 Å². The van der Waals surface area contributed by atoms with Crippen molar-refractivity contribution >= 4 is 32.7 Å². The molecule has 0 aliphatic heterocycles. The SMILES string of the molecule is [2H]C([2H])([2H])c1c[c-]c(-c2cc(C([2H])([2H])C(C)(C)C)c(C([2H])([2H])[2H])cn2)cc1-c1ccccc1.[2H]C([2H])([2H])c1cnc(-c2[c-]ccc3c2oc2c4ccccc4ccc32)cc1C1([2H])CCC(C)(C)CC1.[Ir]. The Balaban J connectivity index is 0.000000204. The number of rotatable bonds is 5. The molecule has 1 radical (unpaired) electrons. The van der Waals surface area contributed by atoms with Crippen molar-refractivity contribution in [2.24, 2.45) is 10.8 Å². The zero-order chi connectivity index (χ0) is 50.1. The van der Waals surface area contributed by atoms with Gasteiger partial charge in [0.25, 0.3) is 0 Å². The minimum absolute atomic E-state index is 0. The second-order valence-corrected chi connectivity index (χ2v) is 16.8. The third-order valence-electron chi connectivity index (χ3n) is 10.8. The smallest absolute Gasteiger partial charge is 0.128 e. The van der Waals surface area contributed by atoms with Gasteiger partial charge in [-0.15, -0.1) is 47.5 Å². The van der Waals surface area contributed by atoms with E-state index in [-0.39, 0.29) is 47.8 Å². The first-order chi connectivity index (χ1) is 32.1. The quantitative estimate of drug-likeness (QED) is 0.161. The second-order valence-electron chi connectivity index (χ2n) is 16.8. The molecule has 0 atom stereocenters. The molecule has 8 aromatic rings. The molecule has 3 heterocycles. The van der Waals surface area contributed by atoms with Gasteiger partial charge < -0.3 is 14.4 Å². The van der Waals surface area contributed by atoms with Gasteiger partial charge in [0.1, 0.15) is 5.58 Å². The zero-order valence-corrected chi connectivity index (χ0v) is 35.8. The topological polar surface area (TPSA) is 38.9 Å². The number of pyridine rings is 2. The molecule has 9 rings (SSSR count). The zero-order valence-electron chi connectivity index (χ0n) is 45.4. The van der Waals surface area contributed by atoms with Crippen LogP contribution in [0.1, 0.15) is 110 Å². The number of benzene rings is 5. The fraction of sp³-hybridized carbons (Fsp3) is 0.296. The summed E-state index contributed by atoms with van der Waals surface area (Å²) in [5.41, 5.74) is 4.77. The predicted molar refractivity (Wildman–Crippen MR) is 240 cm³/mol. The van der Waals surface area contributed by atoms with Crippen molar-refractivity contribution in [1.82, 2.24) is 9.97 Å². The summed E-state index contributed by atoms with van der Waals surface area (Å²) in [6.07, 6.45) is 3.68. The molecule has 0 unspecified atom stereocenters. The van der Waals surface area contributed by atoms with Crippen molar-refractivity contribution in [3.05, 3.63) is 155 Å². The molecule has 297 valence electrons. The molecule has 1 aliphatic rings. The van der Waals surface area contributed by atoms with Gasteiger partial charge in [0.2, 0.25) is 0 Å². The second kappa shape index (κ2) is 16.8. The molecule has 1 fully saturated rings. The summed E-state index contributed by atoms with van der Waals surface area (Å²) in [6.45, 7) is 2.34. The van der Waals surface area contributed by atoms with Crippen molar-refractivity contribution in [2.75, 3.05) is 0 Å². The standard InChI is InChI=1S/C30H28NO.C24H26N.Ir/c1-19-18-31-27(17-26(19)21-13-15-30(2,3)16-14-21)25-10-6-9-23-24-12-11-20-7-4-5-8-22(20)28(24)32-29(23)25;1-17-11-12-20(13-22(17)19-9-7-6-8-10-19)23-14-21(15-24(3,4)5)18(2)16-25-23;/h4-9,11-12,17-18,21H,13-16H2,1-3H3;6-11,13-14,16H,15H2,1-5H3;/q2*-1;/i1D3,21D;1D3,2D3,15D2;. The number of furan rings is 1. The molecule has 4 heteroatoms. The van der Waals surface area contributed by atoms with Crippen molar-refractivity contribution < 1.29 is 41.0 Å². The van der Waals surface area contributed by atoms with Gasteiger partial charge in [-0.1, -0.05) is 142 Å². The minimum atomic E-state index is -2.54. The first-order valence-electron chi connectivity index (χ1n) is 25.5. The number of nitrogens with zero attached hydrogens (tertiary/aromatic N) is 2. The van der Waals surface area contributed by atoms with Crippen LogP contribution in [-0.4, -0.2) is 9.97 Å². The molecule has 3 nitrogen and oxygen atoms in total. The number of fused-ring (bicyclic) bond motifs is 5. The van der Waals surface area contributed by atoms with Gasteiger partial charge in [0, 0.05) is 59.7 Å². The third kappa shape index (κ3) is 8.75. The van der Waals surface area contributed by atoms with Gasteiger partial charge >= 0.3 is 0 Å². The van der Waals surface area contributed by atoms with E-state index in [0.717, 1.165) is 40.0 Å². The first-order valence-corrected chi connectivity index (χ1v) is 19.5.